The van der Waals surface area contributed by atoms with Crippen molar-refractivity contribution in [3.05, 3.63) is 23.8 Å². The zero-order valence-corrected chi connectivity index (χ0v) is 15.8. The number of aliphatic hydroxyl groups is 2. The van der Waals surface area contributed by atoms with Crippen molar-refractivity contribution in [2.45, 2.75) is 70.9 Å². The second-order valence-electron chi connectivity index (χ2n) is 8.47. The zero-order chi connectivity index (χ0) is 19.4. The smallest absolute Gasteiger partial charge is 0.330 e. The third-order valence-corrected chi connectivity index (χ3v) is 6.55. The first-order chi connectivity index (χ1) is 12.0. The molecule has 0 bridgehead atoms. The second kappa shape index (κ2) is 6.20. The molecule has 3 aliphatic rings. The molecule has 3 rings (SSSR count). The Hall–Kier alpha value is -1.66. The average Bonchev–Trinajstić information content (AvgIpc) is 2.83. The van der Waals surface area contributed by atoms with Gasteiger partial charge < -0.3 is 19.7 Å². The van der Waals surface area contributed by atoms with Crippen LogP contribution in [-0.4, -0.2) is 46.1 Å². The molecule has 0 spiro atoms. The lowest BCUT2D eigenvalue weighted by Gasteiger charge is -2.59. The van der Waals surface area contributed by atoms with Gasteiger partial charge in [-0.3, -0.25) is 4.79 Å². The molecule has 26 heavy (non-hydrogen) atoms. The Morgan fingerprint density at radius 2 is 2.08 bits per heavy atom. The summed E-state index contributed by atoms with van der Waals surface area (Å²) in [6, 6.07) is 0. The molecule has 1 saturated heterocycles. The van der Waals surface area contributed by atoms with E-state index in [1.165, 1.54) is 6.08 Å². The van der Waals surface area contributed by atoms with E-state index in [0.29, 0.717) is 18.4 Å². The van der Waals surface area contributed by atoms with Crippen molar-refractivity contribution in [1.82, 2.24) is 0 Å². The van der Waals surface area contributed by atoms with Gasteiger partial charge in [0.15, 0.2) is 0 Å². The van der Waals surface area contributed by atoms with Crippen LogP contribution in [0.2, 0.25) is 0 Å². The van der Waals surface area contributed by atoms with E-state index in [4.69, 9.17) is 9.47 Å². The van der Waals surface area contributed by atoms with Crippen LogP contribution in [-0.2, 0) is 19.1 Å². The number of ether oxygens (including phenoxy) is 2. The number of hydrogen-bond acceptors (Lipinski definition) is 6. The van der Waals surface area contributed by atoms with E-state index in [9.17, 15) is 19.8 Å². The second-order valence-corrected chi connectivity index (χ2v) is 8.47. The monoisotopic (exact) mass is 364 g/mol. The summed E-state index contributed by atoms with van der Waals surface area (Å²) in [4.78, 5) is 24.5. The lowest BCUT2D eigenvalue weighted by Crippen LogP contribution is -2.70. The minimum Gasteiger partial charge on any atom is -0.459 e. The predicted molar refractivity (Wildman–Crippen MR) is 93.9 cm³/mol. The quantitative estimate of drug-likeness (QED) is 0.442. The number of fused-ring (bicyclic) bond motifs is 3. The molecule has 2 N–H and O–H groups in total. The Labute approximate surface area is 153 Å². The van der Waals surface area contributed by atoms with Crippen molar-refractivity contribution in [3.8, 4) is 0 Å². The molecule has 7 atom stereocenters. The molecule has 0 unspecified atom stereocenters. The minimum absolute atomic E-state index is 0.244. The summed E-state index contributed by atoms with van der Waals surface area (Å²) in [7, 11) is 0. The summed E-state index contributed by atoms with van der Waals surface area (Å²) in [6.07, 6.45) is 0.257. The molecular formula is C20H28O6. The summed E-state index contributed by atoms with van der Waals surface area (Å²) >= 11 is 0. The number of carbonyl (C=O) groups is 2. The van der Waals surface area contributed by atoms with Crippen LogP contribution in [0.4, 0.5) is 0 Å². The lowest BCUT2D eigenvalue weighted by molar-refractivity contribution is -0.240. The van der Waals surface area contributed by atoms with E-state index in [1.54, 1.807) is 27.7 Å². The van der Waals surface area contributed by atoms with E-state index >= 15 is 0 Å². The number of allylic oxidation sites excluding steroid dienone is 1. The minimum atomic E-state index is -1.53. The van der Waals surface area contributed by atoms with E-state index < -0.39 is 53.1 Å². The highest BCUT2D eigenvalue weighted by molar-refractivity contribution is 5.83. The fourth-order valence-electron chi connectivity index (χ4n) is 5.00. The Bertz CT molecular complexity index is 678. The summed E-state index contributed by atoms with van der Waals surface area (Å²) in [5.74, 6) is -1.89. The molecule has 1 heterocycles. The Morgan fingerprint density at radius 3 is 2.69 bits per heavy atom. The Morgan fingerprint density at radius 1 is 1.42 bits per heavy atom. The van der Waals surface area contributed by atoms with Crippen LogP contribution in [0.5, 0.6) is 0 Å². The highest BCUT2D eigenvalue weighted by Crippen LogP contribution is 2.60. The van der Waals surface area contributed by atoms with Crippen LogP contribution in [0, 0.1) is 17.3 Å². The molecule has 6 nitrogen and oxygen atoms in total. The molecule has 144 valence electrons. The molecule has 2 aliphatic carbocycles. The molecule has 0 aromatic carbocycles. The van der Waals surface area contributed by atoms with Crippen molar-refractivity contribution < 1.29 is 29.3 Å². The van der Waals surface area contributed by atoms with Crippen LogP contribution >= 0.6 is 0 Å². The SMILES string of the molecule is C=C1CC[C@@H](O)[C@]2(C)C[C@H](OC(=O)C=C(C)C)[C@H]3[C@H](C)C(=O)O[C@@H]3[C@@]12O. The summed E-state index contributed by atoms with van der Waals surface area (Å²) in [5, 5.41) is 22.3. The maximum absolute atomic E-state index is 12.3. The maximum Gasteiger partial charge on any atom is 0.330 e. The average molecular weight is 364 g/mol. The maximum atomic E-state index is 12.3. The van der Waals surface area contributed by atoms with Crippen molar-refractivity contribution >= 4 is 11.9 Å². The van der Waals surface area contributed by atoms with Gasteiger partial charge in [-0.15, -0.1) is 0 Å². The Kier molecular flexibility index (Phi) is 4.56. The van der Waals surface area contributed by atoms with Crippen LogP contribution < -0.4 is 0 Å². The predicted octanol–water partition coefficient (Wildman–Crippen LogP) is 1.89. The molecule has 2 saturated carbocycles. The van der Waals surface area contributed by atoms with E-state index in [2.05, 4.69) is 6.58 Å². The normalized spacial score (nSPS) is 44.6. The van der Waals surface area contributed by atoms with Crippen LogP contribution in [0.15, 0.2) is 23.8 Å². The topological polar surface area (TPSA) is 93.1 Å². The van der Waals surface area contributed by atoms with Gasteiger partial charge in [-0.25, -0.2) is 4.79 Å². The van der Waals surface area contributed by atoms with Gasteiger partial charge in [0.05, 0.1) is 12.0 Å². The van der Waals surface area contributed by atoms with Gasteiger partial charge in [0.25, 0.3) is 0 Å². The largest absolute Gasteiger partial charge is 0.459 e. The van der Waals surface area contributed by atoms with Gasteiger partial charge in [-0.1, -0.05) is 26.0 Å². The molecule has 1 aliphatic heterocycles. The summed E-state index contributed by atoms with van der Waals surface area (Å²) < 4.78 is 11.2. The van der Waals surface area contributed by atoms with E-state index in [0.717, 1.165) is 5.57 Å². The Balaban J connectivity index is 2.04. The zero-order valence-electron chi connectivity index (χ0n) is 15.8. The molecule has 0 aromatic rings. The van der Waals surface area contributed by atoms with E-state index in [-0.39, 0.29) is 6.42 Å². The molecular weight excluding hydrogens is 336 g/mol. The number of aliphatic hydroxyl groups excluding tert-OH is 1. The van der Waals surface area contributed by atoms with Gasteiger partial charge >= 0.3 is 11.9 Å². The fourth-order valence-corrected chi connectivity index (χ4v) is 5.00. The number of rotatable bonds is 2. The molecule has 6 heteroatoms. The van der Waals surface area contributed by atoms with Crippen LogP contribution in [0.1, 0.15) is 47.0 Å². The standard InChI is InChI=1S/C20H28O6/c1-10(2)8-15(22)25-13-9-19(5)14(21)7-6-11(3)20(19,24)17-16(13)12(4)18(23)26-17/h8,12-14,16-17,21,24H,3,6-7,9H2,1-2,4-5H3/t12-,13-,14+,16+,17-,19-,20-/m0/s1. The van der Waals surface area contributed by atoms with Crippen LogP contribution in [0.25, 0.3) is 0 Å². The van der Waals surface area contributed by atoms with E-state index in [1.807, 2.05) is 0 Å². The highest BCUT2D eigenvalue weighted by Gasteiger charge is 2.70. The summed E-state index contributed by atoms with van der Waals surface area (Å²) in [6.45, 7) is 11.1. The van der Waals surface area contributed by atoms with Crippen molar-refractivity contribution in [1.29, 1.82) is 0 Å². The first-order valence-corrected chi connectivity index (χ1v) is 9.17. The number of esters is 2. The van der Waals surface area contributed by atoms with Crippen LogP contribution in [0.3, 0.4) is 0 Å². The van der Waals surface area contributed by atoms with Crippen molar-refractivity contribution in [3.63, 3.8) is 0 Å². The first kappa shape index (κ1) is 19.1. The van der Waals surface area contributed by atoms with Gasteiger partial charge in [-0.2, -0.15) is 0 Å². The molecule has 0 amide bonds. The molecule has 3 fully saturated rings. The third kappa shape index (κ3) is 2.54. The number of carbonyl (C=O) groups excluding carboxylic acids is 2. The van der Waals surface area contributed by atoms with Crippen molar-refractivity contribution in [2.24, 2.45) is 17.3 Å². The van der Waals surface area contributed by atoms with Gasteiger partial charge in [0.2, 0.25) is 0 Å². The molecule has 0 aromatic heterocycles. The number of hydrogen-bond donors (Lipinski definition) is 2. The highest BCUT2D eigenvalue weighted by atomic mass is 16.6. The third-order valence-electron chi connectivity index (χ3n) is 6.55. The van der Waals surface area contributed by atoms with Crippen molar-refractivity contribution in [2.75, 3.05) is 0 Å². The fraction of sp³-hybridized carbons (Fsp3) is 0.700. The lowest BCUT2D eigenvalue weighted by atomic mass is 9.50. The van der Waals surface area contributed by atoms with Gasteiger partial charge in [0.1, 0.15) is 17.8 Å². The van der Waals surface area contributed by atoms with Gasteiger partial charge in [0, 0.05) is 17.4 Å². The molecule has 0 radical (unpaired) electrons. The summed E-state index contributed by atoms with van der Waals surface area (Å²) in [5.41, 5.74) is -1.17. The first-order valence-electron chi connectivity index (χ1n) is 9.17. The van der Waals surface area contributed by atoms with Gasteiger partial charge in [-0.05, 0) is 38.7 Å².